The Bertz CT molecular complexity index is 1770. The van der Waals surface area contributed by atoms with E-state index in [2.05, 4.69) is 140 Å². The fraction of sp³-hybridized carbons (Fsp3) is 0.209. The molecule has 0 heterocycles. The molecular formula is C43H47N3O2. The molecule has 2 aliphatic carbocycles. The number of anilines is 2. The predicted molar refractivity (Wildman–Crippen MR) is 203 cm³/mol. The van der Waals surface area contributed by atoms with E-state index in [1.807, 2.05) is 31.2 Å². The Kier molecular flexibility index (Phi) is 13.3. The highest BCUT2D eigenvalue weighted by atomic mass is 16.6. The molecule has 0 aliphatic heterocycles. The molecule has 3 aromatic rings. The lowest BCUT2D eigenvalue weighted by molar-refractivity contribution is -0.419. The molecular weight excluding hydrogens is 590 g/mol. The monoisotopic (exact) mass is 637 g/mol. The van der Waals surface area contributed by atoms with Crippen LogP contribution in [0.3, 0.4) is 0 Å². The lowest BCUT2D eigenvalue weighted by Crippen LogP contribution is -2.18. The van der Waals surface area contributed by atoms with Crippen molar-refractivity contribution in [3.8, 4) is 0 Å². The Morgan fingerprint density at radius 1 is 0.979 bits per heavy atom. The van der Waals surface area contributed by atoms with Gasteiger partial charge in [0.2, 0.25) is 0 Å². The second-order valence-electron chi connectivity index (χ2n) is 11.9. The first-order valence-corrected chi connectivity index (χ1v) is 16.5. The number of aryl methyl sites for hydroxylation is 2. The minimum absolute atomic E-state index is 0.173. The lowest BCUT2D eigenvalue weighted by atomic mass is 9.97. The van der Waals surface area contributed by atoms with Crippen LogP contribution in [0.15, 0.2) is 163 Å². The van der Waals surface area contributed by atoms with Gasteiger partial charge in [0.25, 0.3) is 5.70 Å². The number of hydrogen-bond acceptors (Lipinski definition) is 4. The van der Waals surface area contributed by atoms with E-state index in [0.717, 1.165) is 36.5 Å². The van der Waals surface area contributed by atoms with Crippen molar-refractivity contribution in [2.75, 3.05) is 11.9 Å². The van der Waals surface area contributed by atoms with Crippen LogP contribution in [0.1, 0.15) is 54.9 Å². The average Bonchev–Trinajstić information content (AvgIpc) is 3.08. The van der Waals surface area contributed by atoms with Gasteiger partial charge in [-0.25, -0.2) is 0 Å². The van der Waals surface area contributed by atoms with E-state index < -0.39 is 0 Å². The van der Waals surface area contributed by atoms with Gasteiger partial charge in [-0.3, -0.25) is 10.1 Å². The SMILES string of the molecule is C=C/C=C(\C=C/C)N(c1ccccc1)c1ccc(C2=CC=CCC2)cc1.Cc1ccc(CN(C)/C2=C/C/C=C([N+](=O)[O-])\C=C/C2)c(C)c1. The van der Waals surface area contributed by atoms with Crippen molar-refractivity contribution in [1.82, 2.24) is 4.90 Å². The van der Waals surface area contributed by atoms with Crippen LogP contribution in [0.5, 0.6) is 0 Å². The van der Waals surface area contributed by atoms with Crippen molar-refractivity contribution < 1.29 is 4.92 Å². The summed E-state index contributed by atoms with van der Waals surface area (Å²) in [7, 11) is 2.07. The molecule has 5 nitrogen and oxygen atoms in total. The van der Waals surface area contributed by atoms with Gasteiger partial charge in [0.1, 0.15) is 0 Å². The fourth-order valence-electron chi connectivity index (χ4n) is 5.78. The van der Waals surface area contributed by atoms with Gasteiger partial charge in [-0.1, -0.05) is 103 Å². The third-order valence-electron chi connectivity index (χ3n) is 8.31. The molecule has 0 saturated heterocycles. The number of benzene rings is 3. The Balaban J connectivity index is 0.000000220. The van der Waals surface area contributed by atoms with Gasteiger partial charge < -0.3 is 9.80 Å². The highest BCUT2D eigenvalue weighted by molar-refractivity contribution is 5.74. The summed E-state index contributed by atoms with van der Waals surface area (Å²) >= 11 is 0. The Morgan fingerprint density at radius 3 is 2.38 bits per heavy atom. The van der Waals surface area contributed by atoms with E-state index in [1.165, 1.54) is 33.5 Å². The first-order valence-electron chi connectivity index (χ1n) is 16.5. The van der Waals surface area contributed by atoms with Crippen molar-refractivity contribution in [3.05, 3.63) is 196 Å². The molecule has 5 rings (SSSR count). The van der Waals surface area contributed by atoms with Gasteiger partial charge in [-0.05, 0) is 105 Å². The van der Waals surface area contributed by atoms with Crippen molar-refractivity contribution >= 4 is 16.9 Å². The minimum Gasteiger partial charge on any atom is -0.374 e. The first-order chi connectivity index (χ1) is 23.3. The number of allylic oxidation sites excluding steroid dienone is 12. The highest BCUT2D eigenvalue weighted by Crippen LogP contribution is 2.32. The molecule has 0 unspecified atom stereocenters. The van der Waals surface area contributed by atoms with Crippen LogP contribution < -0.4 is 4.90 Å². The topological polar surface area (TPSA) is 49.6 Å². The van der Waals surface area contributed by atoms with Crippen molar-refractivity contribution in [2.45, 2.75) is 53.0 Å². The number of hydrogen-bond donors (Lipinski definition) is 0. The molecule has 48 heavy (non-hydrogen) atoms. The quantitative estimate of drug-likeness (QED) is 0.126. The van der Waals surface area contributed by atoms with Crippen LogP contribution in [-0.4, -0.2) is 16.9 Å². The molecule has 0 spiro atoms. The summed E-state index contributed by atoms with van der Waals surface area (Å²) in [6.07, 6.45) is 25.3. The summed E-state index contributed by atoms with van der Waals surface area (Å²) in [4.78, 5) is 14.9. The molecule has 0 fully saturated rings. The predicted octanol–water partition coefficient (Wildman–Crippen LogP) is 11.3. The fourth-order valence-corrected chi connectivity index (χ4v) is 5.78. The van der Waals surface area contributed by atoms with E-state index in [0.29, 0.717) is 12.8 Å². The standard InChI is InChI=1S/C25H25N.C18H22N2O2/c1-3-11-23(12-4-2)26(24-15-9-6-10-16-24)25-19-17-22(18-20-25)21-13-7-5-8-14-21;1-14-10-11-16(15(2)12-14)13-19(3)17-6-4-8-18(20(21)22)9-5-7-17/h3-7,9-13,15-20H,1,8,14H2,2H3;4,7-12H,5-6,13H2,1-3H3/b12-4-,23-11+;8-4-,17-7+,18-9+. The summed E-state index contributed by atoms with van der Waals surface area (Å²) in [5, 5.41) is 10.8. The number of nitro groups is 1. The molecule has 0 atom stereocenters. The second kappa shape index (κ2) is 18.1. The normalized spacial score (nSPS) is 17.3. The maximum Gasteiger partial charge on any atom is 0.265 e. The third kappa shape index (κ3) is 10.0. The van der Waals surface area contributed by atoms with Gasteiger partial charge >= 0.3 is 0 Å². The van der Waals surface area contributed by atoms with E-state index in [-0.39, 0.29) is 10.6 Å². The van der Waals surface area contributed by atoms with Gasteiger partial charge in [-0.15, -0.1) is 0 Å². The molecule has 0 aromatic heterocycles. The van der Waals surface area contributed by atoms with Crippen LogP contribution in [-0.2, 0) is 6.54 Å². The smallest absolute Gasteiger partial charge is 0.265 e. The molecule has 5 heteroatoms. The third-order valence-corrected chi connectivity index (χ3v) is 8.31. The van der Waals surface area contributed by atoms with Crippen LogP contribution in [0, 0.1) is 24.0 Å². The number of para-hydroxylation sites is 1. The van der Waals surface area contributed by atoms with Gasteiger partial charge in [0, 0.05) is 48.9 Å². The van der Waals surface area contributed by atoms with Crippen molar-refractivity contribution in [1.29, 1.82) is 0 Å². The van der Waals surface area contributed by atoms with E-state index >= 15 is 0 Å². The molecule has 3 aromatic carbocycles. The van der Waals surface area contributed by atoms with E-state index in [4.69, 9.17) is 0 Å². The maximum atomic E-state index is 10.8. The Labute approximate surface area is 286 Å². The summed E-state index contributed by atoms with van der Waals surface area (Å²) in [5.74, 6) is 0. The molecule has 2 aliphatic rings. The largest absolute Gasteiger partial charge is 0.374 e. The van der Waals surface area contributed by atoms with Gasteiger partial charge in [-0.2, -0.15) is 0 Å². The van der Waals surface area contributed by atoms with Gasteiger partial charge in [0.05, 0.1) is 4.92 Å². The molecule has 246 valence electrons. The van der Waals surface area contributed by atoms with E-state index in [1.54, 1.807) is 12.2 Å². The van der Waals surface area contributed by atoms with Crippen LogP contribution >= 0.6 is 0 Å². The molecule has 0 N–H and O–H groups in total. The van der Waals surface area contributed by atoms with Crippen LogP contribution in [0.2, 0.25) is 0 Å². The molecule has 0 saturated carbocycles. The Morgan fingerprint density at radius 2 is 1.73 bits per heavy atom. The first kappa shape index (κ1) is 35.4. The van der Waals surface area contributed by atoms with Crippen molar-refractivity contribution in [3.63, 3.8) is 0 Å². The molecule has 0 amide bonds. The zero-order valence-corrected chi connectivity index (χ0v) is 28.7. The Hall–Kier alpha value is -5.42. The average molecular weight is 638 g/mol. The number of nitrogens with zero attached hydrogens (tertiary/aromatic N) is 3. The summed E-state index contributed by atoms with van der Waals surface area (Å²) in [5.41, 5.74) is 11.3. The summed E-state index contributed by atoms with van der Waals surface area (Å²) in [6.45, 7) is 11.0. The zero-order valence-electron chi connectivity index (χ0n) is 28.7. The number of rotatable bonds is 10. The maximum absolute atomic E-state index is 10.8. The van der Waals surface area contributed by atoms with Crippen molar-refractivity contribution in [2.24, 2.45) is 0 Å². The summed E-state index contributed by atoms with van der Waals surface area (Å²) < 4.78 is 0. The zero-order chi connectivity index (χ0) is 34.3. The lowest BCUT2D eigenvalue weighted by Gasteiger charge is -2.26. The summed E-state index contributed by atoms with van der Waals surface area (Å²) in [6, 6.07) is 25.8. The minimum atomic E-state index is -0.339. The second-order valence-corrected chi connectivity index (χ2v) is 11.9. The highest BCUT2D eigenvalue weighted by Gasteiger charge is 2.14. The van der Waals surface area contributed by atoms with Crippen LogP contribution in [0.4, 0.5) is 11.4 Å². The van der Waals surface area contributed by atoms with Gasteiger partial charge in [0.15, 0.2) is 0 Å². The molecule has 0 radical (unpaired) electrons. The molecule has 0 bridgehead atoms. The van der Waals surface area contributed by atoms with E-state index in [9.17, 15) is 10.1 Å². The van der Waals surface area contributed by atoms with Crippen LogP contribution in [0.25, 0.3) is 5.57 Å².